The van der Waals surface area contributed by atoms with E-state index in [1.54, 1.807) is 35.5 Å². The summed E-state index contributed by atoms with van der Waals surface area (Å²) in [5, 5.41) is 13.8. The number of alkyl halides is 3. The normalized spacial score (nSPS) is 14.9. The molecule has 0 saturated heterocycles. The Hall–Kier alpha value is -3.33. The predicted molar refractivity (Wildman–Crippen MR) is 111 cm³/mol. The van der Waals surface area contributed by atoms with Crippen LogP contribution in [-0.2, 0) is 6.18 Å². The molecule has 4 rings (SSSR count). The van der Waals surface area contributed by atoms with E-state index in [1.165, 1.54) is 6.07 Å². The van der Waals surface area contributed by atoms with Gasteiger partial charge in [0.05, 0.1) is 29.7 Å². The first-order chi connectivity index (χ1) is 14.8. The third-order valence-corrected chi connectivity index (χ3v) is 4.86. The van der Waals surface area contributed by atoms with E-state index in [4.69, 9.17) is 4.74 Å². The maximum Gasteiger partial charge on any atom is 0.416 e. The van der Waals surface area contributed by atoms with Crippen molar-refractivity contribution in [3.63, 3.8) is 0 Å². The fourth-order valence-corrected chi connectivity index (χ4v) is 3.39. The standard InChI is InChI=1S/C22H21F3N4O2/c1-14-10-17(13-26-12-14)27-21(30)29-8-3-9-31-19-7-6-18(28-20(19)29)15-4-2-5-16(11-15)22(23,24)25/h2,4-7,10-13,21,27,30H,3,8-9H2,1H3. The molecule has 6 nitrogen and oxygen atoms in total. The first-order valence-electron chi connectivity index (χ1n) is 9.76. The van der Waals surface area contributed by atoms with Gasteiger partial charge < -0.3 is 20.1 Å². The van der Waals surface area contributed by atoms with Gasteiger partial charge in [0.25, 0.3) is 0 Å². The number of aromatic nitrogens is 2. The summed E-state index contributed by atoms with van der Waals surface area (Å²) in [6.07, 6.45) is -1.64. The second kappa shape index (κ2) is 8.43. The van der Waals surface area contributed by atoms with Crippen LogP contribution in [-0.4, -0.2) is 34.6 Å². The largest absolute Gasteiger partial charge is 0.490 e. The average Bonchev–Trinajstić information content (AvgIpc) is 2.95. The van der Waals surface area contributed by atoms with Crippen molar-refractivity contribution < 1.29 is 23.0 Å². The lowest BCUT2D eigenvalue weighted by molar-refractivity contribution is -0.137. The van der Waals surface area contributed by atoms with E-state index in [2.05, 4.69) is 15.3 Å². The molecule has 1 unspecified atom stereocenters. The van der Waals surface area contributed by atoms with Gasteiger partial charge in [-0.25, -0.2) is 4.98 Å². The highest BCUT2D eigenvalue weighted by atomic mass is 19.4. The number of ether oxygens (including phenoxy) is 1. The summed E-state index contributed by atoms with van der Waals surface area (Å²) in [6.45, 7) is 2.77. The van der Waals surface area contributed by atoms with Gasteiger partial charge in [-0.2, -0.15) is 13.2 Å². The Labute approximate surface area is 177 Å². The highest BCUT2D eigenvalue weighted by Gasteiger charge is 2.31. The van der Waals surface area contributed by atoms with Crippen LogP contribution in [0, 0.1) is 6.92 Å². The fourth-order valence-electron chi connectivity index (χ4n) is 3.39. The molecule has 31 heavy (non-hydrogen) atoms. The summed E-state index contributed by atoms with van der Waals surface area (Å²) in [7, 11) is 0. The highest BCUT2D eigenvalue weighted by Crippen LogP contribution is 2.35. The molecular weight excluding hydrogens is 409 g/mol. The Bertz CT molecular complexity index is 1070. The van der Waals surface area contributed by atoms with E-state index in [1.807, 2.05) is 13.0 Å². The summed E-state index contributed by atoms with van der Waals surface area (Å²) in [6, 6.07) is 10.1. The molecule has 162 valence electrons. The maximum atomic E-state index is 13.1. The van der Waals surface area contributed by atoms with Gasteiger partial charge in [-0.3, -0.25) is 4.98 Å². The molecule has 1 atom stereocenters. The van der Waals surface area contributed by atoms with Crippen LogP contribution in [0.15, 0.2) is 54.9 Å². The molecule has 0 bridgehead atoms. The van der Waals surface area contributed by atoms with E-state index < -0.39 is 18.1 Å². The summed E-state index contributed by atoms with van der Waals surface area (Å²) in [4.78, 5) is 10.3. The number of rotatable bonds is 4. The Morgan fingerprint density at radius 1 is 1.16 bits per heavy atom. The molecule has 0 radical (unpaired) electrons. The summed E-state index contributed by atoms with van der Waals surface area (Å²) in [5.74, 6) is 0.810. The molecule has 0 saturated carbocycles. The van der Waals surface area contributed by atoms with Crippen LogP contribution >= 0.6 is 0 Å². The van der Waals surface area contributed by atoms with E-state index in [9.17, 15) is 18.3 Å². The van der Waals surface area contributed by atoms with Crippen LogP contribution < -0.4 is 15.0 Å². The van der Waals surface area contributed by atoms with Crippen LogP contribution in [0.1, 0.15) is 17.5 Å². The molecule has 2 N–H and O–H groups in total. The van der Waals surface area contributed by atoms with E-state index >= 15 is 0 Å². The summed E-state index contributed by atoms with van der Waals surface area (Å²) >= 11 is 0. The summed E-state index contributed by atoms with van der Waals surface area (Å²) < 4.78 is 45.1. The second-order valence-electron chi connectivity index (χ2n) is 7.26. The van der Waals surface area contributed by atoms with Gasteiger partial charge >= 0.3 is 6.18 Å². The molecule has 1 aromatic carbocycles. The van der Waals surface area contributed by atoms with Gasteiger partial charge in [-0.1, -0.05) is 12.1 Å². The number of fused-ring (bicyclic) bond motifs is 1. The number of aryl methyl sites for hydroxylation is 1. The minimum atomic E-state index is -4.45. The average molecular weight is 430 g/mol. The molecule has 0 amide bonds. The fraction of sp³-hybridized carbons (Fsp3) is 0.273. The number of anilines is 2. The molecule has 2 aromatic heterocycles. The number of hydrogen-bond acceptors (Lipinski definition) is 6. The van der Waals surface area contributed by atoms with Crippen LogP contribution in [0.4, 0.5) is 24.7 Å². The first kappa shape index (κ1) is 20.9. The Kier molecular flexibility index (Phi) is 5.69. The number of halogens is 3. The van der Waals surface area contributed by atoms with Gasteiger partial charge in [0, 0.05) is 18.3 Å². The molecule has 9 heteroatoms. The van der Waals surface area contributed by atoms with Crippen molar-refractivity contribution in [2.24, 2.45) is 0 Å². The van der Waals surface area contributed by atoms with E-state index in [-0.39, 0.29) is 0 Å². The number of aliphatic hydroxyl groups is 1. The highest BCUT2D eigenvalue weighted by molar-refractivity contribution is 5.66. The second-order valence-corrected chi connectivity index (χ2v) is 7.26. The van der Waals surface area contributed by atoms with Crippen molar-refractivity contribution >= 4 is 11.5 Å². The molecule has 1 aliphatic heterocycles. The molecular formula is C22H21F3N4O2. The molecule has 3 aromatic rings. The van der Waals surface area contributed by atoms with Crippen molar-refractivity contribution in [3.8, 4) is 17.0 Å². The number of hydrogen-bond donors (Lipinski definition) is 2. The minimum absolute atomic E-state index is 0.326. The number of pyridine rings is 2. The SMILES string of the molecule is Cc1cncc(NC(O)N2CCCOc3ccc(-c4cccc(C(F)(F)F)c4)nc32)c1. The number of nitrogens with one attached hydrogen (secondary N) is 1. The van der Waals surface area contributed by atoms with Crippen molar-refractivity contribution in [2.75, 3.05) is 23.4 Å². The van der Waals surface area contributed by atoms with Gasteiger partial charge in [0.15, 0.2) is 11.6 Å². The van der Waals surface area contributed by atoms with E-state index in [0.29, 0.717) is 48.1 Å². The lowest BCUT2D eigenvalue weighted by Gasteiger charge is -2.29. The minimum Gasteiger partial charge on any atom is -0.490 e. The third kappa shape index (κ3) is 4.72. The van der Waals surface area contributed by atoms with Gasteiger partial charge in [0.1, 0.15) is 0 Å². The van der Waals surface area contributed by atoms with Gasteiger partial charge in [-0.05, 0) is 49.2 Å². The zero-order chi connectivity index (χ0) is 22.0. The third-order valence-electron chi connectivity index (χ3n) is 4.86. The Morgan fingerprint density at radius 3 is 2.77 bits per heavy atom. The smallest absolute Gasteiger partial charge is 0.416 e. The molecule has 0 aliphatic carbocycles. The molecule has 0 fully saturated rings. The zero-order valence-corrected chi connectivity index (χ0v) is 16.7. The Morgan fingerprint density at radius 2 is 2.00 bits per heavy atom. The molecule has 3 heterocycles. The predicted octanol–water partition coefficient (Wildman–Crippen LogP) is 4.45. The van der Waals surface area contributed by atoms with Crippen LogP contribution in [0.5, 0.6) is 5.75 Å². The monoisotopic (exact) mass is 430 g/mol. The maximum absolute atomic E-state index is 13.1. The number of aliphatic hydroxyl groups excluding tert-OH is 1. The number of benzene rings is 1. The van der Waals surface area contributed by atoms with Crippen molar-refractivity contribution in [2.45, 2.75) is 25.9 Å². The van der Waals surface area contributed by atoms with Crippen LogP contribution in [0.2, 0.25) is 0 Å². The molecule has 0 spiro atoms. The van der Waals surface area contributed by atoms with Crippen molar-refractivity contribution in [3.05, 3.63) is 66.0 Å². The summed E-state index contributed by atoms with van der Waals surface area (Å²) in [5.41, 5.74) is 1.50. The van der Waals surface area contributed by atoms with Crippen molar-refractivity contribution in [1.29, 1.82) is 0 Å². The quantitative estimate of drug-likeness (QED) is 0.596. The Balaban J connectivity index is 1.68. The first-order valence-corrected chi connectivity index (χ1v) is 9.76. The van der Waals surface area contributed by atoms with Crippen LogP contribution in [0.3, 0.4) is 0 Å². The van der Waals surface area contributed by atoms with Crippen LogP contribution in [0.25, 0.3) is 11.3 Å². The number of nitrogens with zero attached hydrogens (tertiary/aromatic N) is 3. The topological polar surface area (TPSA) is 70.5 Å². The lowest BCUT2D eigenvalue weighted by atomic mass is 10.1. The molecule has 1 aliphatic rings. The zero-order valence-electron chi connectivity index (χ0n) is 16.7. The van der Waals surface area contributed by atoms with Crippen molar-refractivity contribution in [1.82, 2.24) is 9.97 Å². The van der Waals surface area contributed by atoms with Gasteiger partial charge in [0.2, 0.25) is 6.35 Å². The lowest BCUT2D eigenvalue weighted by Crippen LogP contribution is -2.42. The van der Waals surface area contributed by atoms with E-state index in [0.717, 1.165) is 17.7 Å². The van der Waals surface area contributed by atoms with Gasteiger partial charge in [-0.15, -0.1) is 0 Å².